The molecule has 1 rings (SSSR count). The highest BCUT2D eigenvalue weighted by atomic mass is 19.4. The van der Waals surface area contributed by atoms with Crippen LogP contribution in [0.1, 0.15) is 17.5 Å². The first-order chi connectivity index (χ1) is 8.45. The van der Waals surface area contributed by atoms with Gasteiger partial charge < -0.3 is 4.98 Å². The molecule has 0 radical (unpaired) electrons. The topological polar surface area (TPSA) is 81.6 Å². The van der Waals surface area contributed by atoms with Crippen LogP contribution in [-0.2, 0) is 6.18 Å². The SMILES string of the molecule is [N-]=[N+]=NCCC#Cc1c[nH]c(=O)c(C(F)(F)F)c1. The van der Waals surface area contributed by atoms with Gasteiger partial charge in [-0.05, 0) is 11.6 Å². The Kier molecular flexibility index (Phi) is 4.40. The van der Waals surface area contributed by atoms with Gasteiger partial charge in [-0.2, -0.15) is 13.2 Å². The third-order valence-electron chi connectivity index (χ3n) is 1.84. The van der Waals surface area contributed by atoms with Crippen molar-refractivity contribution >= 4 is 0 Å². The number of halogens is 3. The summed E-state index contributed by atoms with van der Waals surface area (Å²) < 4.78 is 37.2. The largest absolute Gasteiger partial charge is 0.421 e. The van der Waals surface area contributed by atoms with Gasteiger partial charge in [0.05, 0.1) is 0 Å². The summed E-state index contributed by atoms with van der Waals surface area (Å²) in [5, 5.41) is 3.21. The van der Waals surface area contributed by atoms with E-state index in [2.05, 4.69) is 21.9 Å². The second-order valence-electron chi connectivity index (χ2n) is 3.14. The van der Waals surface area contributed by atoms with Gasteiger partial charge in [0.1, 0.15) is 5.56 Å². The van der Waals surface area contributed by atoms with Crippen LogP contribution in [0, 0.1) is 11.8 Å². The van der Waals surface area contributed by atoms with Crippen LogP contribution in [0.4, 0.5) is 13.2 Å². The molecular weight excluding hydrogens is 249 g/mol. The number of hydrogen-bond acceptors (Lipinski definition) is 2. The minimum Gasteiger partial charge on any atom is -0.327 e. The zero-order valence-corrected chi connectivity index (χ0v) is 8.95. The number of alkyl halides is 3. The summed E-state index contributed by atoms with van der Waals surface area (Å²) in [6, 6.07) is 0.680. The fourth-order valence-corrected chi connectivity index (χ4v) is 1.08. The first-order valence-corrected chi connectivity index (χ1v) is 4.75. The maximum atomic E-state index is 12.4. The van der Waals surface area contributed by atoms with Crippen LogP contribution in [-0.4, -0.2) is 11.5 Å². The van der Waals surface area contributed by atoms with E-state index in [1.54, 1.807) is 0 Å². The molecule has 1 heterocycles. The van der Waals surface area contributed by atoms with E-state index < -0.39 is 17.3 Å². The lowest BCUT2D eigenvalue weighted by molar-refractivity contribution is -0.138. The Bertz CT molecular complexity index is 588. The molecule has 18 heavy (non-hydrogen) atoms. The van der Waals surface area contributed by atoms with Gasteiger partial charge in [-0.1, -0.05) is 17.0 Å². The van der Waals surface area contributed by atoms with Crippen LogP contribution in [0.2, 0.25) is 0 Å². The Labute approximate surface area is 99.3 Å². The quantitative estimate of drug-likeness (QED) is 0.285. The van der Waals surface area contributed by atoms with Crippen molar-refractivity contribution in [1.29, 1.82) is 0 Å². The monoisotopic (exact) mass is 256 g/mol. The number of aromatic nitrogens is 1. The summed E-state index contributed by atoms with van der Waals surface area (Å²) in [6.07, 6.45) is -3.39. The molecule has 0 aliphatic heterocycles. The molecule has 0 unspecified atom stereocenters. The van der Waals surface area contributed by atoms with Gasteiger partial charge in [-0.3, -0.25) is 4.79 Å². The smallest absolute Gasteiger partial charge is 0.327 e. The second-order valence-corrected chi connectivity index (χ2v) is 3.14. The van der Waals surface area contributed by atoms with E-state index in [1.807, 2.05) is 4.98 Å². The lowest BCUT2D eigenvalue weighted by Crippen LogP contribution is -2.21. The lowest BCUT2D eigenvalue weighted by Gasteiger charge is -2.04. The van der Waals surface area contributed by atoms with Crippen LogP contribution in [0.5, 0.6) is 0 Å². The van der Waals surface area contributed by atoms with Crippen molar-refractivity contribution in [2.75, 3.05) is 6.54 Å². The summed E-state index contributed by atoms with van der Waals surface area (Å²) in [7, 11) is 0. The second kappa shape index (κ2) is 5.80. The van der Waals surface area contributed by atoms with E-state index in [-0.39, 0.29) is 18.5 Å². The third-order valence-corrected chi connectivity index (χ3v) is 1.84. The molecule has 0 atom stereocenters. The number of pyridine rings is 1. The molecule has 1 N–H and O–H groups in total. The number of nitrogens with one attached hydrogen (secondary N) is 1. The molecule has 0 bridgehead atoms. The van der Waals surface area contributed by atoms with Crippen molar-refractivity contribution in [2.24, 2.45) is 5.11 Å². The molecular formula is C10H7F3N4O. The van der Waals surface area contributed by atoms with Gasteiger partial charge in [-0.15, -0.1) is 0 Å². The van der Waals surface area contributed by atoms with Crippen LogP contribution in [0.3, 0.4) is 0 Å². The minimum absolute atomic E-state index is 0.0443. The summed E-state index contributed by atoms with van der Waals surface area (Å²) in [6.45, 7) is 0.138. The molecule has 5 nitrogen and oxygen atoms in total. The van der Waals surface area contributed by atoms with Gasteiger partial charge >= 0.3 is 6.18 Å². The lowest BCUT2D eigenvalue weighted by atomic mass is 10.2. The third kappa shape index (κ3) is 3.88. The molecule has 8 heteroatoms. The number of rotatable bonds is 2. The molecule has 0 fully saturated rings. The molecule has 0 aromatic carbocycles. The number of H-pyrrole nitrogens is 1. The first-order valence-electron chi connectivity index (χ1n) is 4.75. The van der Waals surface area contributed by atoms with E-state index in [4.69, 9.17) is 5.53 Å². The highest BCUT2D eigenvalue weighted by Crippen LogP contribution is 2.26. The van der Waals surface area contributed by atoms with E-state index in [1.165, 1.54) is 0 Å². The van der Waals surface area contributed by atoms with Gasteiger partial charge in [0, 0.05) is 29.6 Å². The van der Waals surface area contributed by atoms with E-state index in [0.29, 0.717) is 6.07 Å². The molecule has 1 aromatic heterocycles. The van der Waals surface area contributed by atoms with Crippen molar-refractivity contribution < 1.29 is 13.2 Å². The molecule has 0 aliphatic carbocycles. The van der Waals surface area contributed by atoms with Crippen LogP contribution < -0.4 is 5.56 Å². The normalized spacial score (nSPS) is 10.2. The minimum atomic E-state index is -4.71. The van der Waals surface area contributed by atoms with Gasteiger partial charge in [0.25, 0.3) is 5.56 Å². The molecule has 1 aromatic rings. The summed E-state index contributed by atoms with van der Waals surface area (Å²) in [5.74, 6) is 4.97. The summed E-state index contributed by atoms with van der Waals surface area (Å²) in [4.78, 5) is 15.4. The van der Waals surface area contributed by atoms with E-state index >= 15 is 0 Å². The fraction of sp³-hybridized carbons (Fsp3) is 0.300. The zero-order chi connectivity index (χ0) is 13.6. The number of hydrogen-bond donors (Lipinski definition) is 1. The van der Waals surface area contributed by atoms with Crippen molar-refractivity contribution in [3.8, 4) is 11.8 Å². The first kappa shape index (κ1) is 13.7. The van der Waals surface area contributed by atoms with Crippen LogP contribution in [0.15, 0.2) is 22.2 Å². The van der Waals surface area contributed by atoms with Crippen molar-refractivity contribution in [2.45, 2.75) is 12.6 Å². The Morgan fingerprint density at radius 2 is 2.22 bits per heavy atom. The van der Waals surface area contributed by atoms with Crippen molar-refractivity contribution in [3.63, 3.8) is 0 Å². The Morgan fingerprint density at radius 3 is 2.83 bits per heavy atom. The zero-order valence-electron chi connectivity index (χ0n) is 8.95. The van der Waals surface area contributed by atoms with Crippen LogP contribution >= 0.6 is 0 Å². The van der Waals surface area contributed by atoms with Crippen LogP contribution in [0.25, 0.3) is 10.4 Å². The maximum Gasteiger partial charge on any atom is 0.421 e. The van der Waals surface area contributed by atoms with E-state index in [0.717, 1.165) is 6.20 Å². The molecule has 0 saturated carbocycles. The summed E-state index contributed by atoms with van der Waals surface area (Å²) >= 11 is 0. The predicted octanol–water partition coefficient (Wildman–Crippen LogP) is 2.45. The van der Waals surface area contributed by atoms with Gasteiger partial charge in [0.15, 0.2) is 0 Å². The molecule has 0 amide bonds. The molecule has 0 saturated heterocycles. The van der Waals surface area contributed by atoms with Gasteiger partial charge in [-0.25, -0.2) is 0 Å². The number of nitrogens with zero attached hydrogens (tertiary/aromatic N) is 3. The van der Waals surface area contributed by atoms with Gasteiger partial charge in [0.2, 0.25) is 0 Å². The summed E-state index contributed by atoms with van der Waals surface area (Å²) in [5.41, 5.74) is 5.53. The molecule has 0 spiro atoms. The number of azide groups is 1. The fourth-order valence-electron chi connectivity index (χ4n) is 1.08. The average Bonchev–Trinajstić information content (AvgIpc) is 2.29. The maximum absolute atomic E-state index is 12.4. The number of aromatic amines is 1. The average molecular weight is 256 g/mol. The van der Waals surface area contributed by atoms with E-state index in [9.17, 15) is 18.0 Å². The highest BCUT2D eigenvalue weighted by Gasteiger charge is 2.33. The highest BCUT2D eigenvalue weighted by molar-refractivity contribution is 5.35. The van der Waals surface area contributed by atoms with Crippen molar-refractivity contribution in [3.05, 3.63) is 44.2 Å². The Hall–Kier alpha value is -2.39. The Morgan fingerprint density at radius 1 is 1.50 bits per heavy atom. The molecule has 94 valence electrons. The Balaban J connectivity index is 2.92. The predicted molar refractivity (Wildman–Crippen MR) is 57.6 cm³/mol. The van der Waals surface area contributed by atoms with Crippen molar-refractivity contribution in [1.82, 2.24) is 4.98 Å². The molecule has 0 aliphatic rings. The standard InChI is InChI=1S/C10H7F3N4O/c11-10(12,13)8-5-7(6-15-9(8)18)3-1-2-4-16-17-14/h5-6H,2,4H2,(H,15,18).